The van der Waals surface area contributed by atoms with Crippen LogP contribution in [0.3, 0.4) is 0 Å². The second kappa shape index (κ2) is 8.69. The molecule has 1 unspecified atom stereocenters. The fourth-order valence-electron chi connectivity index (χ4n) is 4.59. The quantitative estimate of drug-likeness (QED) is 0.721. The van der Waals surface area contributed by atoms with Gasteiger partial charge in [0.25, 0.3) is 5.91 Å². The predicted molar refractivity (Wildman–Crippen MR) is 118 cm³/mol. The van der Waals surface area contributed by atoms with E-state index < -0.39 is 10.0 Å². The van der Waals surface area contributed by atoms with Crippen LogP contribution in [0.15, 0.2) is 34.5 Å². The van der Waals surface area contributed by atoms with Gasteiger partial charge in [-0.2, -0.15) is 0 Å². The lowest BCUT2D eigenvalue weighted by Gasteiger charge is -2.35. The Morgan fingerprint density at radius 1 is 1.27 bits per heavy atom. The first kappa shape index (κ1) is 21.3. The SMILES string of the molecule is CCC1c2ccsc2CCN1C(=O)c1ccc(OC)c(S(=O)(=O)NC2CCCC2)c1. The lowest BCUT2D eigenvalue weighted by atomic mass is 9.97. The average Bonchev–Trinajstić information content (AvgIpc) is 3.43. The zero-order chi connectivity index (χ0) is 21.3. The highest BCUT2D eigenvalue weighted by Gasteiger charge is 2.32. The highest BCUT2D eigenvalue weighted by atomic mass is 32.2. The molecule has 2 aliphatic rings. The fraction of sp³-hybridized carbons (Fsp3) is 0.500. The highest BCUT2D eigenvalue weighted by Crippen LogP contribution is 2.36. The molecule has 0 saturated heterocycles. The number of nitrogens with one attached hydrogen (secondary N) is 1. The molecule has 1 amide bonds. The van der Waals surface area contributed by atoms with Gasteiger partial charge in [0, 0.05) is 23.0 Å². The van der Waals surface area contributed by atoms with Crippen molar-refractivity contribution in [1.29, 1.82) is 0 Å². The second-order valence-corrected chi connectivity index (χ2v) is 10.6. The van der Waals surface area contributed by atoms with Gasteiger partial charge >= 0.3 is 0 Å². The van der Waals surface area contributed by atoms with Crippen molar-refractivity contribution in [3.8, 4) is 5.75 Å². The first-order valence-electron chi connectivity index (χ1n) is 10.5. The summed E-state index contributed by atoms with van der Waals surface area (Å²) < 4.78 is 34.2. The molecule has 6 nitrogen and oxygen atoms in total. The Bertz CT molecular complexity index is 1030. The van der Waals surface area contributed by atoms with E-state index in [0.29, 0.717) is 12.1 Å². The minimum Gasteiger partial charge on any atom is -0.495 e. The summed E-state index contributed by atoms with van der Waals surface area (Å²) in [5, 5.41) is 2.08. The number of rotatable bonds is 6. The molecule has 0 spiro atoms. The van der Waals surface area contributed by atoms with Gasteiger partial charge in [-0.15, -0.1) is 11.3 Å². The van der Waals surface area contributed by atoms with E-state index in [1.165, 1.54) is 23.6 Å². The maximum atomic E-state index is 13.4. The monoisotopic (exact) mass is 448 g/mol. The van der Waals surface area contributed by atoms with Crippen LogP contribution in [0.25, 0.3) is 0 Å². The zero-order valence-corrected chi connectivity index (χ0v) is 19.0. The van der Waals surface area contributed by atoms with E-state index in [1.807, 2.05) is 4.90 Å². The third-order valence-electron chi connectivity index (χ3n) is 6.12. The van der Waals surface area contributed by atoms with Crippen LogP contribution in [0.2, 0.25) is 0 Å². The van der Waals surface area contributed by atoms with E-state index in [-0.39, 0.29) is 28.6 Å². The topological polar surface area (TPSA) is 75.7 Å². The summed E-state index contributed by atoms with van der Waals surface area (Å²) in [6.45, 7) is 2.71. The average molecular weight is 449 g/mol. The predicted octanol–water partition coefficient (Wildman–Crippen LogP) is 4.13. The first-order chi connectivity index (χ1) is 14.4. The minimum absolute atomic E-state index is 0.0197. The number of thiophene rings is 1. The van der Waals surface area contributed by atoms with Crippen molar-refractivity contribution in [2.75, 3.05) is 13.7 Å². The molecule has 1 atom stereocenters. The fourth-order valence-corrected chi connectivity index (χ4v) is 7.02. The molecule has 30 heavy (non-hydrogen) atoms. The van der Waals surface area contributed by atoms with Gasteiger partial charge in [-0.3, -0.25) is 4.79 Å². The molecule has 1 fully saturated rings. The van der Waals surface area contributed by atoms with Crippen molar-refractivity contribution < 1.29 is 17.9 Å². The molecular weight excluding hydrogens is 420 g/mol. The van der Waals surface area contributed by atoms with Crippen LogP contribution in [0, 0.1) is 0 Å². The van der Waals surface area contributed by atoms with Crippen LogP contribution < -0.4 is 9.46 Å². The molecule has 4 rings (SSSR count). The van der Waals surface area contributed by atoms with Gasteiger partial charge in [0.2, 0.25) is 10.0 Å². The Kier molecular flexibility index (Phi) is 6.18. The van der Waals surface area contributed by atoms with Crippen LogP contribution in [0.1, 0.15) is 65.9 Å². The highest BCUT2D eigenvalue weighted by molar-refractivity contribution is 7.89. The zero-order valence-electron chi connectivity index (χ0n) is 17.4. The largest absolute Gasteiger partial charge is 0.495 e. The first-order valence-corrected chi connectivity index (χ1v) is 12.9. The summed E-state index contributed by atoms with van der Waals surface area (Å²) in [6, 6.07) is 6.77. The standard InChI is InChI=1S/C22H28N2O4S2/c1-3-18-17-11-13-29-20(17)10-12-24(18)22(25)15-8-9-19(28-2)21(14-15)30(26,27)23-16-6-4-5-7-16/h8-9,11,13-14,16,18,23H,3-7,10,12H2,1-2H3. The number of nitrogens with zero attached hydrogens (tertiary/aromatic N) is 1. The molecule has 0 bridgehead atoms. The van der Waals surface area contributed by atoms with E-state index in [1.54, 1.807) is 23.5 Å². The number of ether oxygens (including phenoxy) is 1. The Morgan fingerprint density at radius 3 is 2.73 bits per heavy atom. The number of methoxy groups -OCH3 is 1. The van der Waals surface area contributed by atoms with Crippen LogP contribution in [-0.4, -0.2) is 38.9 Å². The van der Waals surface area contributed by atoms with Crippen molar-refractivity contribution in [2.24, 2.45) is 0 Å². The third kappa shape index (κ3) is 4.00. The lowest BCUT2D eigenvalue weighted by Crippen LogP contribution is -2.39. The number of carbonyl (C=O) groups is 1. The van der Waals surface area contributed by atoms with Crippen LogP contribution in [0.5, 0.6) is 5.75 Å². The number of fused-ring (bicyclic) bond motifs is 1. The van der Waals surface area contributed by atoms with Crippen molar-refractivity contribution in [2.45, 2.75) is 62.4 Å². The van der Waals surface area contributed by atoms with Gasteiger partial charge in [0.15, 0.2) is 0 Å². The van der Waals surface area contributed by atoms with Gasteiger partial charge in [-0.25, -0.2) is 13.1 Å². The molecule has 1 aliphatic heterocycles. The summed E-state index contributed by atoms with van der Waals surface area (Å²) in [4.78, 5) is 16.6. The third-order valence-corrected chi connectivity index (χ3v) is 8.66. The summed E-state index contributed by atoms with van der Waals surface area (Å²) >= 11 is 1.74. The number of carbonyl (C=O) groups excluding carboxylic acids is 1. The Morgan fingerprint density at radius 2 is 2.03 bits per heavy atom. The van der Waals surface area contributed by atoms with Gasteiger partial charge in [0.1, 0.15) is 10.6 Å². The van der Waals surface area contributed by atoms with E-state index in [2.05, 4.69) is 23.1 Å². The van der Waals surface area contributed by atoms with E-state index >= 15 is 0 Å². The van der Waals surface area contributed by atoms with Gasteiger partial charge < -0.3 is 9.64 Å². The van der Waals surface area contributed by atoms with Gasteiger partial charge in [0.05, 0.1) is 13.2 Å². The van der Waals surface area contributed by atoms with Crippen LogP contribution in [0.4, 0.5) is 0 Å². The summed E-state index contributed by atoms with van der Waals surface area (Å²) in [6.07, 6.45) is 5.39. The van der Waals surface area contributed by atoms with E-state index in [9.17, 15) is 13.2 Å². The number of hydrogen-bond donors (Lipinski definition) is 1. The second-order valence-electron chi connectivity index (χ2n) is 7.94. The maximum absolute atomic E-state index is 13.4. The molecule has 2 heterocycles. The molecule has 1 saturated carbocycles. The van der Waals surface area contributed by atoms with E-state index in [0.717, 1.165) is 38.5 Å². The molecule has 0 radical (unpaired) electrons. The van der Waals surface area contributed by atoms with Crippen LogP contribution >= 0.6 is 11.3 Å². The molecular formula is C22H28N2O4S2. The van der Waals surface area contributed by atoms with Crippen molar-refractivity contribution in [3.05, 3.63) is 45.6 Å². The molecule has 162 valence electrons. The van der Waals surface area contributed by atoms with Crippen molar-refractivity contribution in [1.82, 2.24) is 9.62 Å². The summed E-state index contributed by atoms with van der Waals surface area (Å²) in [5.74, 6) is 0.113. The van der Waals surface area contributed by atoms with Crippen LogP contribution in [-0.2, 0) is 16.4 Å². The number of sulfonamides is 1. The Balaban J connectivity index is 1.65. The van der Waals surface area contributed by atoms with Crippen molar-refractivity contribution >= 4 is 27.3 Å². The normalized spacial score (nSPS) is 19.7. The van der Waals surface area contributed by atoms with E-state index in [4.69, 9.17) is 4.74 Å². The number of amides is 1. The lowest BCUT2D eigenvalue weighted by molar-refractivity contribution is 0.0657. The van der Waals surface area contributed by atoms with Gasteiger partial charge in [-0.05, 0) is 60.9 Å². The Hall–Kier alpha value is -1.90. The molecule has 1 aromatic carbocycles. The summed E-state index contributed by atoms with van der Waals surface area (Å²) in [5.41, 5.74) is 1.59. The Labute approximate surface area is 182 Å². The molecule has 1 N–H and O–H groups in total. The number of benzene rings is 1. The number of hydrogen-bond acceptors (Lipinski definition) is 5. The molecule has 1 aliphatic carbocycles. The smallest absolute Gasteiger partial charge is 0.254 e. The molecule has 8 heteroatoms. The van der Waals surface area contributed by atoms with Gasteiger partial charge in [-0.1, -0.05) is 19.8 Å². The maximum Gasteiger partial charge on any atom is 0.254 e. The molecule has 1 aromatic heterocycles. The molecule has 2 aromatic rings. The minimum atomic E-state index is -3.78. The summed E-state index contributed by atoms with van der Waals surface area (Å²) in [7, 11) is -2.33. The van der Waals surface area contributed by atoms with Crippen molar-refractivity contribution in [3.63, 3.8) is 0 Å².